The molecule has 10 heteroatoms. The van der Waals surface area contributed by atoms with Crippen molar-refractivity contribution in [3.63, 3.8) is 0 Å². The number of nitrogens with one attached hydrogen (secondary N) is 1. The zero-order valence-electron chi connectivity index (χ0n) is 20.3. The van der Waals surface area contributed by atoms with E-state index in [9.17, 15) is 9.59 Å². The van der Waals surface area contributed by atoms with Crippen molar-refractivity contribution in [2.24, 2.45) is 5.73 Å². The highest BCUT2D eigenvalue weighted by Gasteiger charge is 2.21. The molecule has 3 aromatic carbocycles. The summed E-state index contributed by atoms with van der Waals surface area (Å²) < 4.78 is 7.06. The lowest BCUT2D eigenvalue weighted by Gasteiger charge is -2.14. The number of amides is 1. The molecule has 0 bridgehead atoms. The summed E-state index contributed by atoms with van der Waals surface area (Å²) in [6, 6.07) is 18.2. The number of nitrogens with zero attached hydrogens (tertiary/aromatic N) is 4. The first kappa shape index (κ1) is 23.3. The highest BCUT2D eigenvalue weighted by molar-refractivity contribution is 6.18. The number of benzene rings is 3. The minimum absolute atomic E-state index is 0.0153. The Labute approximate surface area is 215 Å². The van der Waals surface area contributed by atoms with E-state index in [-0.39, 0.29) is 24.5 Å². The van der Waals surface area contributed by atoms with E-state index >= 15 is 0 Å². The van der Waals surface area contributed by atoms with Crippen molar-refractivity contribution in [3.8, 4) is 22.7 Å². The minimum atomic E-state index is -0.711. The number of primary amides is 1. The first-order valence-electron chi connectivity index (χ1n) is 11.9. The summed E-state index contributed by atoms with van der Waals surface area (Å²) >= 11 is 0. The van der Waals surface area contributed by atoms with Gasteiger partial charge in [-0.25, -0.2) is 4.98 Å². The van der Waals surface area contributed by atoms with E-state index in [0.29, 0.717) is 44.5 Å². The van der Waals surface area contributed by atoms with E-state index in [2.05, 4.69) is 20.2 Å². The highest BCUT2D eigenvalue weighted by Crippen LogP contribution is 2.37. The predicted octanol–water partition coefficient (Wildman–Crippen LogP) is 3.26. The van der Waals surface area contributed by atoms with Gasteiger partial charge in [-0.1, -0.05) is 24.3 Å². The van der Waals surface area contributed by atoms with Crippen LogP contribution in [0.15, 0.2) is 71.8 Å². The monoisotopic (exact) mass is 506 g/mol. The van der Waals surface area contributed by atoms with Crippen molar-refractivity contribution < 1.29 is 14.6 Å². The summed E-state index contributed by atoms with van der Waals surface area (Å²) in [5.41, 5.74) is 9.92. The molecule has 6 rings (SSSR count). The lowest BCUT2D eigenvalue weighted by Crippen LogP contribution is -2.19. The van der Waals surface area contributed by atoms with E-state index in [1.54, 1.807) is 24.3 Å². The van der Waals surface area contributed by atoms with Gasteiger partial charge < -0.3 is 20.6 Å². The van der Waals surface area contributed by atoms with Gasteiger partial charge in [-0.05, 0) is 42.8 Å². The second-order valence-electron chi connectivity index (χ2n) is 8.80. The third kappa shape index (κ3) is 3.66. The lowest BCUT2D eigenvalue weighted by molar-refractivity contribution is 0.0996. The van der Waals surface area contributed by atoms with Gasteiger partial charge in [0.2, 0.25) is 0 Å². The first-order valence-corrected chi connectivity index (χ1v) is 11.9. The maximum atomic E-state index is 13.3. The number of aromatic nitrogens is 5. The zero-order chi connectivity index (χ0) is 26.4. The van der Waals surface area contributed by atoms with Crippen LogP contribution in [0.3, 0.4) is 0 Å². The average molecular weight is 507 g/mol. The molecule has 0 saturated heterocycles. The summed E-state index contributed by atoms with van der Waals surface area (Å²) in [7, 11) is 0. The van der Waals surface area contributed by atoms with E-state index in [1.807, 2.05) is 43.3 Å². The third-order valence-corrected chi connectivity index (χ3v) is 6.57. The zero-order valence-corrected chi connectivity index (χ0v) is 20.3. The van der Waals surface area contributed by atoms with Crippen LogP contribution in [0.25, 0.3) is 49.7 Å². The maximum absolute atomic E-state index is 13.3. The number of aliphatic hydroxyl groups excluding tert-OH is 1. The van der Waals surface area contributed by atoms with Crippen molar-refractivity contribution >= 4 is 38.6 Å². The van der Waals surface area contributed by atoms with Crippen LogP contribution >= 0.6 is 0 Å². The molecular weight excluding hydrogens is 484 g/mol. The fourth-order valence-corrected chi connectivity index (χ4v) is 4.80. The van der Waals surface area contributed by atoms with Gasteiger partial charge in [0.1, 0.15) is 24.4 Å². The molecule has 0 spiro atoms. The summed E-state index contributed by atoms with van der Waals surface area (Å²) in [6.07, 6.45) is 1.52. The fraction of sp³-hybridized carbons (Fsp3) is 0.107. The predicted molar refractivity (Wildman–Crippen MR) is 144 cm³/mol. The van der Waals surface area contributed by atoms with Gasteiger partial charge in [-0.15, -0.1) is 10.2 Å². The molecule has 0 fully saturated rings. The Morgan fingerprint density at radius 1 is 1.08 bits per heavy atom. The average Bonchev–Trinajstić information content (AvgIpc) is 3.31. The third-order valence-electron chi connectivity index (χ3n) is 6.57. The Kier molecular flexibility index (Phi) is 5.58. The molecule has 3 aromatic heterocycles. The van der Waals surface area contributed by atoms with Crippen LogP contribution in [-0.4, -0.2) is 49.0 Å². The number of ether oxygens (including phenoxy) is 1. The smallest absolute Gasteiger partial charge is 0.271 e. The summed E-state index contributed by atoms with van der Waals surface area (Å²) in [6.45, 7) is 1.94. The number of aromatic amines is 1. The minimum Gasteiger partial charge on any atom is -0.491 e. The summed E-state index contributed by atoms with van der Waals surface area (Å²) in [5.74, 6) is -0.154. The number of hydrogen-bond acceptors (Lipinski definition) is 7. The number of carbonyl (C=O) groups excluding carboxylic acids is 1. The van der Waals surface area contributed by atoms with Gasteiger partial charge in [0.15, 0.2) is 5.69 Å². The molecule has 0 saturated carbocycles. The van der Waals surface area contributed by atoms with Crippen LogP contribution in [-0.2, 0) is 0 Å². The molecule has 0 aliphatic carbocycles. The molecule has 0 atom stereocenters. The summed E-state index contributed by atoms with van der Waals surface area (Å²) in [5, 5.41) is 19.6. The molecule has 0 unspecified atom stereocenters. The van der Waals surface area contributed by atoms with Gasteiger partial charge in [-0.2, -0.15) is 0 Å². The van der Waals surface area contributed by atoms with E-state index in [4.69, 9.17) is 15.6 Å². The molecule has 1 amide bonds. The Hall–Kier alpha value is -5.09. The first-order chi connectivity index (χ1) is 18.5. The van der Waals surface area contributed by atoms with Crippen molar-refractivity contribution in [2.75, 3.05) is 13.2 Å². The second-order valence-corrected chi connectivity index (χ2v) is 8.80. The molecule has 3 heterocycles. The second kappa shape index (κ2) is 9.09. The molecule has 10 nitrogen and oxygen atoms in total. The molecule has 0 aliphatic rings. The molecule has 38 heavy (non-hydrogen) atoms. The number of aliphatic hydroxyl groups is 1. The Morgan fingerprint density at radius 3 is 2.74 bits per heavy atom. The van der Waals surface area contributed by atoms with Crippen molar-refractivity contribution in [2.45, 2.75) is 6.92 Å². The SMILES string of the molecule is Cc1c(-c2nnc(C(N)=O)c3[nH]c4cc(OCCO)ccc4c23)cccc1-n1cnc2ccccc2c1=O. The van der Waals surface area contributed by atoms with E-state index in [1.165, 1.54) is 10.9 Å². The van der Waals surface area contributed by atoms with Crippen LogP contribution < -0.4 is 16.0 Å². The van der Waals surface area contributed by atoms with Crippen LogP contribution in [0.1, 0.15) is 16.1 Å². The number of hydrogen-bond donors (Lipinski definition) is 3. The van der Waals surface area contributed by atoms with Crippen molar-refractivity contribution in [3.05, 3.63) is 88.6 Å². The van der Waals surface area contributed by atoms with Gasteiger partial charge in [0.05, 0.1) is 34.2 Å². The standard InChI is InChI=1S/C28H22N6O4/c1-15-17(6-4-8-22(15)34-14-30-20-7-3-2-5-19(20)28(34)37)24-23-18-10-9-16(38-12-11-35)13-21(18)31-25(23)26(27(29)36)33-32-24/h2-10,13-14,31,35H,11-12H2,1H3,(H2,29,36). The van der Waals surface area contributed by atoms with Gasteiger partial charge in [-0.3, -0.25) is 14.2 Å². The highest BCUT2D eigenvalue weighted by atomic mass is 16.5. The number of fused-ring (bicyclic) bond motifs is 4. The number of H-pyrrole nitrogens is 1. The Morgan fingerprint density at radius 2 is 1.92 bits per heavy atom. The van der Waals surface area contributed by atoms with E-state index < -0.39 is 5.91 Å². The van der Waals surface area contributed by atoms with Crippen molar-refractivity contribution in [1.82, 2.24) is 24.7 Å². The maximum Gasteiger partial charge on any atom is 0.271 e. The van der Waals surface area contributed by atoms with Gasteiger partial charge in [0, 0.05) is 22.4 Å². The molecule has 4 N–H and O–H groups in total. The van der Waals surface area contributed by atoms with Crippen LogP contribution in [0.2, 0.25) is 0 Å². The molecule has 0 radical (unpaired) electrons. The number of nitrogens with two attached hydrogens (primary N) is 1. The largest absolute Gasteiger partial charge is 0.491 e. The molecular formula is C28H22N6O4. The molecule has 6 aromatic rings. The normalized spacial score (nSPS) is 11.4. The quantitative estimate of drug-likeness (QED) is 0.314. The van der Waals surface area contributed by atoms with Gasteiger partial charge in [0.25, 0.3) is 11.5 Å². The number of rotatable bonds is 6. The topological polar surface area (TPSA) is 149 Å². The van der Waals surface area contributed by atoms with Crippen LogP contribution in [0, 0.1) is 6.92 Å². The number of para-hydroxylation sites is 1. The van der Waals surface area contributed by atoms with Crippen molar-refractivity contribution in [1.29, 1.82) is 0 Å². The molecule has 0 aliphatic heterocycles. The number of carbonyl (C=O) groups is 1. The van der Waals surface area contributed by atoms with Gasteiger partial charge >= 0.3 is 0 Å². The Balaban J connectivity index is 1.59. The van der Waals surface area contributed by atoms with Crippen LogP contribution in [0.4, 0.5) is 0 Å². The van der Waals surface area contributed by atoms with Crippen LogP contribution in [0.5, 0.6) is 5.75 Å². The lowest BCUT2D eigenvalue weighted by atomic mass is 9.99. The molecule has 188 valence electrons. The Bertz CT molecular complexity index is 1940. The summed E-state index contributed by atoms with van der Waals surface area (Å²) in [4.78, 5) is 33.2. The fourth-order valence-electron chi connectivity index (χ4n) is 4.80. The van der Waals surface area contributed by atoms with E-state index in [0.717, 1.165) is 16.5 Å².